The van der Waals surface area contributed by atoms with Crippen molar-refractivity contribution in [3.05, 3.63) is 0 Å². The number of nitrogens with one attached hydrogen (secondary N) is 1. The van der Waals surface area contributed by atoms with Crippen LogP contribution in [0.1, 0.15) is 65.2 Å². The van der Waals surface area contributed by atoms with E-state index in [1.165, 1.54) is 0 Å². The molecule has 2 fully saturated rings. The molecule has 1 atom stereocenters. The molecule has 0 spiro atoms. The fourth-order valence-electron chi connectivity index (χ4n) is 3.65. The predicted octanol–water partition coefficient (Wildman–Crippen LogP) is 2.99. The first kappa shape index (κ1) is 16.1. The summed E-state index contributed by atoms with van der Waals surface area (Å²) in [5, 5.41) is 12.5. The van der Waals surface area contributed by atoms with Gasteiger partial charge < -0.3 is 15.3 Å². The van der Waals surface area contributed by atoms with Crippen LogP contribution in [0.15, 0.2) is 0 Å². The molecule has 0 radical (unpaired) electrons. The quantitative estimate of drug-likeness (QED) is 0.841. The SMILES string of the molecule is CCC1CCC(NC(=O)N2CCCCC2C)(C(=O)O)CC1. The molecule has 5 nitrogen and oxygen atoms in total. The van der Waals surface area contributed by atoms with Crippen molar-refractivity contribution in [3.8, 4) is 0 Å². The van der Waals surface area contributed by atoms with E-state index in [1.807, 2.05) is 6.92 Å². The van der Waals surface area contributed by atoms with Crippen LogP contribution in [0.2, 0.25) is 0 Å². The lowest BCUT2D eigenvalue weighted by Gasteiger charge is -2.40. The van der Waals surface area contributed by atoms with Crippen molar-refractivity contribution in [1.29, 1.82) is 0 Å². The van der Waals surface area contributed by atoms with Crippen molar-refractivity contribution in [2.75, 3.05) is 6.54 Å². The number of aliphatic carboxylic acids is 1. The van der Waals surface area contributed by atoms with Crippen LogP contribution in [-0.2, 0) is 4.79 Å². The third-order valence-corrected chi connectivity index (χ3v) is 5.36. The molecule has 21 heavy (non-hydrogen) atoms. The van der Waals surface area contributed by atoms with E-state index in [9.17, 15) is 14.7 Å². The normalized spacial score (nSPS) is 33.5. The van der Waals surface area contributed by atoms with Gasteiger partial charge in [-0.05, 0) is 57.8 Å². The van der Waals surface area contributed by atoms with Crippen LogP contribution in [-0.4, -0.2) is 40.1 Å². The van der Waals surface area contributed by atoms with E-state index in [0.29, 0.717) is 18.8 Å². The van der Waals surface area contributed by atoms with E-state index in [0.717, 1.165) is 45.1 Å². The Bertz CT molecular complexity index is 389. The Morgan fingerprint density at radius 3 is 2.43 bits per heavy atom. The van der Waals surface area contributed by atoms with Crippen LogP contribution >= 0.6 is 0 Å². The summed E-state index contributed by atoms with van der Waals surface area (Å²) in [6.07, 6.45) is 7.13. The van der Waals surface area contributed by atoms with Gasteiger partial charge in [0, 0.05) is 12.6 Å². The van der Waals surface area contributed by atoms with Gasteiger partial charge in [-0.3, -0.25) is 0 Å². The Hall–Kier alpha value is -1.26. The average Bonchev–Trinajstić information content (AvgIpc) is 2.48. The number of urea groups is 1. The first-order valence-corrected chi connectivity index (χ1v) is 8.30. The largest absolute Gasteiger partial charge is 0.480 e. The van der Waals surface area contributed by atoms with Crippen molar-refractivity contribution < 1.29 is 14.7 Å². The summed E-state index contributed by atoms with van der Waals surface area (Å²) in [6.45, 7) is 4.92. The predicted molar refractivity (Wildman–Crippen MR) is 81.2 cm³/mol. The Morgan fingerprint density at radius 2 is 1.90 bits per heavy atom. The Morgan fingerprint density at radius 1 is 1.24 bits per heavy atom. The minimum atomic E-state index is -1.06. The summed E-state index contributed by atoms with van der Waals surface area (Å²) in [5.74, 6) is -0.279. The number of carboxylic acid groups (broad SMARTS) is 1. The number of piperidine rings is 1. The molecule has 1 unspecified atom stereocenters. The molecule has 0 aromatic rings. The van der Waals surface area contributed by atoms with Crippen molar-refractivity contribution in [1.82, 2.24) is 10.2 Å². The fraction of sp³-hybridized carbons (Fsp3) is 0.875. The monoisotopic (exact) mass is 296 g/mol. The topological polar surface area (TPSA) is 69.6 Å². The second kappa shape index (κ2) is 6.67. The number of hydrogen-bond acceptors (Lipinski definition) is 2. The highest BCUT2D eigenvalue weighted by molar-refractivity contribution is 5.86. The summed E-state index contributed by atoms with van der Waals surface area (Å²) in [4.78, 5) is 26.0. The van der Waals surface area contributed by atoms with E-state index < -0.39 is 11.5 Å². The zero-order valence-corrected chi connectivity index (χ0v) is 13.2. The van der Waals surface area contributed by atoms with Crippen molar-refractivity contribution in [2.45, 2.75) is 76.8 Å². The van der Waals surface area contributed by atoms with Gasteiger partial charge in [-0.2, -0.15) is 0 Å². The lowest BCUT2D eigenvalue weighted by molar-refractivity contribution is -0.146. The number of likely N-dealkylation sites (tertiary alicyclic amines) is 1. The summed E-state index contributed by atoms with van der Waals surface area (Å²) < 4.78 is 0. The van der Waals surface area contributed by atoms with E-state index in [-0.39, 0.29) is 12.1 Å². The molecule has 2 N–H and O–H groups in total. The number of carbonyl (C=O) groups is 2. The van der Waals surface area contributed by atoms with Gasteiger partial charge in [0.05, 0.1) is 0 Å². The van der Waals surface area contributed by atoms with Gasteiger partial charge in [-0.1, -0.05) is 13.3 Å². The third-order valence-electron chi connectivity index (χ3n) is 5.36. The van der Waals surface area contributed by atoms with Crippen LogP contribution in [0.4, 0.5) is 4.79 Å². The minimum Gasteiger partial charge on any atom is -0.480 e. The number of hydrogen-bond donors (Lipinski definition) is 2. The highest BCUT2D eigenvalue weighted by Gasteiger charge is 2.44. The number of carboxylic acids is 1. The molecule has 2 amide bonds. The maximum atomic E-state index is 12.5. The first-order chi connectivity index (χ1) is 9.98. The Labute approximate surface area is 127 Å². The molecule has 1 heterocycles. The Kier molecular flexibility index (Phi) is 5.12. The second-order valence-electron chi connectivity index (χ2n) is 6.71. The first-order valence-electron chi connectivity index (χ1n) is 8.30. The lowest BCUT2D eigenvalue weighted by Crippen LogP contribution is -2.60. The number of carbonyl (C=O) groups excluding carboxylic acids is 1. The number of amides is 2. The average molecular weight is 296 g/mol. The van der Waals surface area contributed by atoms with Crippen molar-refractivity contribution in [3.63, 3.8) is 0 Å². The zero-order valence-electron chi connectivity index (χ0n) is 13.2. The molecule has 2 rings (SSSR count). The van der Waals surface area contributed by atoms with Crippen molar-refractivity contribution in [2.24, 2.45) is 5.92 Å². The molecule has 1 saturated heterocycles. The minimum absolute atomic E-state index is 0.195. The van der Waals surface area contributed by atoms with Gasteiger partial charge in [-0.15, -0.1) is 0 Å². The lowest BCUT2D eigenvalue weighted by atomic mass is 9.75. The van der Waals surface area contributed by atoms with Gasteiger partial charge in [-0.25, -0.2) is 9.59 Å². The van der Waals surface area contributed by atoms with Gasteiger partial charge in [0.15, 0.2) is 0 Å². The summed E-state index contributed by atoms with van der Waals surface area (Å²) in [7, 11) is 0. The summed E-state index contributed by atoms with van der Waals surface area (Å²) in [5.41, 5.74) is -1.06. The molecule has 0 bridgehead atoms. The van der Waals surface area contributed by atoms with Crippen LogP contribution < -0.4 is 5.32 Å². The van der Waals surface area contributed by atoms with Gasteiger partial charge >= 0.3 is 12.0 Å². The highest BCUT2D eigenvalue weighted by Crippen LogP contribution is 2.34. The molecular weight excluding hydrogens is 268 g/mol. The summed E-state index contributed by atoms with van der Waals surface area (Å²) in [6, 6.07) is 0.0103. The van der Waals surface area contributed by atoms with E-state index in [2.05, 4.69) is 12.2 Å². The zero-order chi connectivity index (χ0) is 15.5. The second-order valence-corrected chi connectivity index (χ2v) is 6.71. The molecule has 120 valence electrons. The molecule has 0 aromatic heterocycles. The van der Waals surface area contributed by atoms with E-state index >= 15 is 0 Å². The molecular formula is C16H28N2O3. The summed E-state index contributed by atoms with van der Waals surface area (Å²) >= 11 is 0. The van der Waals surface area contributed by atoms with Crippen LogP contribution in [0.3, 0.4) is 0 Å². The van der Waals surface area contributed by atoms with Gasteiger partial charge in [0.1, 0.15) is 5.54 Å². The van der Waals surface area contributed by atoms with Gasteiger partial charge in [0.2, 0.25) is 0 Å². The fourth-order valence-corrected chi connectivity index (χ4v) is 3.65. The highest BCUT2D eigenvalue weighted by atomic mass is 16.4. The molecule has 1 saturated carbocycles. The van der Waals surface area contributed by atoms with E-state index in [1.54, 1.807) is 4.90 Å². The molecule has 5 heteroatoms. The maximum absolute atomic E-state index is 12.5. The maximum Gasteiger partial charge on any atom is 0.329 e. The van der Waals surface area contributed by atoms with Gasteiger partial charge in [0.25, 0.3) is 0 Å². The van der Waals surface area contributed by atoms with E-state index in [4.69, 9.17) is 0 Å². The smallest absolute Gasteiger partial charge is 0.329 e. The number of nitrogens with zero attached hydrogens (tertiary/aromatic N) is 1. The van der Waals surface area contributed by atoms with Crippen LogP contribution in [0.25, 0.3) is 0 Å². The van der Waals surface area contributed by atoms with Crippen molar-refractivity contribution >= 4 is 12.0 Å². The standard InChI is InChI=1S/C16H28N2O3/c1-3-13-7-9-16(10-8-13,14(19)20)17-15(21)18-11-5-4-6-12(18)2/h12-13H,3-11H2,1-2H3,(H,17,21)(H,19,20). The van der Waals surface area contributed by atoms with Crippen LogP contribution in [0, 0.1) is 5.92 Å². The number of rotatable bonds is 3. The molecule has 1 aliphatic carbocycles. The van der Waals surface area contributed by atoms with Crippen LogP contribution in [0.5, 0.6) is 0 Å². The Balaban J connectivity index is 2.03. The third kappa shape index (κ3) is 3.50. The molecule has 1 aliphatic heterocycles. The molecule has 0 aromatic carbocycles. The molecule has 2 aliphatic rings.